The van der Waals surface area contributed by atoms with Gasteiger partial charge in [0.25, 0.3) is 5.69 Å². The van der Waals surface area contributed by atoms with Crippen molar-refractivity contribution in [2.45, 2.75) is 18.1 Å². The number of halogens is 1. The number of nitrogens with zero attached hydrogens (tertiary/aromatic N) is 2. The first-order valence-electron chi connectivity index (χ1n) is 5.99. The lowest BCUT2D eigenvalue weighted by Crippen LogP contribution is -2.44. The zero-order valence-corrected chi connectivity index (χ0v) is 11.3. The molecule has 1 atom stereocenters. The van der Waals surface area contributed by atoms with Gasteiger partial charge < -0.3 is 4.90 Å². The molecule has 1 unspecified atom stereocenters. The van der Waals surface area contributed by atoms with Crippen molar-refractivity contribution < 1.29 is 17.7 Å². The van der Waals surface area contributed by atoms with Gasteiger partial charge in [0, 0.05) is 13.1 Å². The number of sulfonamides is 1. The van der Waals surface area contributed by atoms with E-state index < -0.39 is 26.0 Å². The number of anilines is 1. The van der Waals surface area contributed by atoms with E-state index >= 15 is 0 Å². The highest BCUT2D eigenvalue weighted by Gasteiger charge is 2.31. The van der Waals surface area contributed by atoms with Gasteiger partial charge in [-0.25, -0.2) is 17.9 Å². The zero-order valence-electron chi connectivity index (χ0n) is 10.5. The minimum absolute atomic E-state index is 0.0747. The first-order chi connectivity index (χ1) is 9.29. The summed E-state index contributed by atoms with van der Waals surface area (Å²) in [6, 6.07) is 3.23. The Labute approximate surface area is 115 Å². The maximum absolute atomic E-state index is 13.1. The van der Waals surface area contributed by atoms with Gasteiger partial charge >= 0.3 is 0 Å². The number of hydrogen-bond donors (Lipinski definition) is 1. The quantitative estimate of drug-likeness (QED) is 0.662. The largest absolute Gasteiger partial charge is 0.365 e. The van der Waals surface area contributed by atoms with Crippen LogP contribution in [0.3, 0.4) is 0 Å². The number of nitro benzene ring substituents is 1. The van der Waals surface area contributed by atoms with E-state index in [1.165, 1.54) is 6.07 Å². The molecule has 1 saturated heterocycles. The maximum atomic E-state index is 13.1. The summed E-state index contributed by atoms with van der Waals surface area (Å²) in [4.78, 5) is 11.8. The van der Waals surface area contributed by atoms with Crippen LogP contribution >= 0.6 is 0 Å². The summed E-state index contributed by atoms with van der Waals surface area (Å²) in [5.41, 5.74) is -0.162. The molecule has 0 aliphatic carbocycles. The summed E-state index contributed by atoms with van der Waals surface area (Å²) < 4.78 is 35.9. The highest BCUT2D eigenvalue weighted by molar-refractivity contribution is 7.89. The van der Waals surface area contributed by atoms with Crippen molar-refractivity contribution in [1.29, 1.82) is 0 Å². The lowest BCUT2D eigenvalue weighted by atomic mass is 10.1. The zero-order chi connectivity index (χ0) is 14.9. The fraction of sp³-hybridized carbons (Fsp3) is 0.455. The van der Waals surface area contributed by atoms with Crippen LogP contribution in [0.1, 0.15) is 12.8 Å². The lowest BCUT2D eigenvalue weighted by Gasteiger charge is -2.32. The van der Waals surface area contributed by atoms with Crippen molar-refractivity contribution >= 4 is 21.4 Å². The third kappa shape index (κ3) is 3.05. The van der Waals surface area contributed by atoms with Crippen LogP contribution in [0, 0.1) is 15.9 Å². The average molecular weight is 303 g/mol. The Balaban J connectivity index is 2.34. The maximum Gasteiger partial charge on any atom is 0.295 e. The van der Waals surface area contributed by atoms with Crippen LogP contribution in [0.5, 0.6) is 0 Å². The molecule has 1 fully saturated rings. The number of piperidine rings is 1. The molecular weight excluding hydrogens is 289 g/mol. The first-order valence-corrected chi connectivity index (χ1v) is 7.60. The van der Waals surface area contributed by atoms with Gasteiger partial charge in [0.05, 0.1) is 16.2 Å². The van der Waals surface area contributed by atoms with Gasteiger partial charge in [-0.2, -0.15) is 0 Å². The van der Waals surface area contributed by atoms with Gasteiger partial charge in [-0.1, -0.05) is 0 Å². The number of benzene rings is 1. The van der Waals surface area contributed by atoms with Crippen LogP contribution in [0.15, 0.2) is 18.2 Å². The van der Waals surface area contributed by atoms with E-state index in [2.05, 4.69) is 0 Å². The van der Waals surface area contributed by atoms with Gasteiger partial charge in [0.15, 0.2) is 0 Å². The SMILES string of the molecule is NS(=O)(=O)C1CCCN(c2ccc(F)cc2[N+](=O)[O-])C1. The molecule has 2 N–H and O–H groups in total. The second-order valence-electron chi connectivity index (χ2n) is 4.69. The fourth-order valence-electron chi connectivity index (χ4n) is 2.34. The standard InChI is InChI=1S/C11H14FN3O4S/c12-8-3-4-10(11(6-8)15(16)17)14-5-1-2-9(7-14)20(13,18)19/h3-4,6,9H,1-2,5,7H2,(H2,13,18,19). The molecule has 0 spiro atoms. The average Bonchev–Trinajstić information content (AvgIpc) is 2.37. The molecule has 0 amide bonds. The third-order valence-corrected chi connectivity index (χ3v) is 4.63. The van der Waals surface area contributed by atoms with Crippen LogP contribution in [-0.4, -0.2) is 31.7 Å². The Morgan fingerprint density at radius 1 is 1.45 bits per heavy atom. The molecule has 20 heavy (non-hydrogen) atoms. The molecule has 0 bridgehead atoms. The predicted octanol–water partition coefficient (Wildman–Crippen LogP) is 0.991. The van der Waals surface area contributed by atoms with Gasteiger partial charge in [0.2, 0.25) is 10.0 Å². The number of hydrogen-bond acceptors (Lipinski definition) is 5. The van der Waals surface area contributed by atoms with E-state index in [4.69, 9.17) is 5.14 Å². The van der Waals surface area contributed by atoms with E-state index in [0.717, 1.165) is 12.1 Å². The topological polar surface area (TPSA) is 107 Å². The predicted molar refractivity (Wildman–Crippen MR) is 71.4 cm³/mol. The van der Waals surface area contributed by atoms with E-state index in [-0.39, 0.29) is 17.9 Å². The molecule has 1 heterocycles. The lowest BCUT2D eigenvalue weighted by molar-refractivity contribution is -0.384. The van der Waals surface area contributed by atoms with Crippen molar-refractivity contribution in [1.82, 2.24) is 0 Å². The van der Waals surface area contributed by atoms with Crippen LogP contribution < -0.4 is 10.0 Å². The molecule has 0 aromatic heterocycles. The molecule has 1 aliphatic heterocycles. The molecule has 1 aromatic carbocycles. The Hall–Kier alpha value is -1.74. The smallest absolute Gasteiger partial charge is 0.295 e. The number of nitro groups is 1. The first kappa shape index (κ1) is 14.7. The fourth-order valence-corrected chi connectivity index (χ4v) is 3.22. The number of rotatable bonds is 3. The normalized spacial score (nSPS) is 19.9. The van der Waals surface area contributed by atoms with Crippen molar-refractivity contribution in [3.8, 4) is 0 Å². The van der Waals surface area contributed by atoms with Gasteiger partial charge in [0.1, 0.15) is 11.5 Å². The summed E-state index contributed by atoms with van der Waals surface area (Å²) in [6.45, 7) is 0.545. The van der Waals surface area contributed by atoms with Gasteiger partial charge in [-0.05, 0) is 25.0 Å². The molecule has 1 aromatic rings. The van der Waals surface area contributed by atoms with Crippen LogP contribution in [0.2, 0.25) is 0 Å². The van der Waals surface area contributed by atoms with Crippen LogP contribution in [-0.2, 0) is 10.0 Å². The minimum atomic E-state index is -3.69. The second-order valence-corrected chi connectivity index (χ2v) is 6.53. The molecule has 7 nitrogen and oxygen atoms in total. The molecule has 0 radical (unpaired) electrons. The van der Waals surface area contributed by atoms with Crippen LogP contribution in [0.25, 0.3) is 0 Å². The Morgan fingerprint density at radius 2 is 2.15 bits per heavy atom. The van der Waals surface area contributed by atoms with E-state index in [1.807, 2.05) is 0 Å². The molecule has 110 valence electrons. The van der Waals surface area contributed by atoms with E-state index in [1.54, 1.807) is 4.90 Å². The minimum Gasteiger partial charge on any atom is -0.365 e. The molecular formula is C11H14FN3O4S. The van der Waals surface area contributed by atoms with Crippen molar-refractivity contribution in [3.05, 3.63) is 34.1 Å². The number of primary sulfonamides is 1. The van der Waals surface area contributed by atoms with Crippen LogP contribution in [0.4, 0.5) is 15.8 Å². The third-order valence-electron chi connectivity index (χ3n) is 3.32. The summed E-state index contributed by atoms with van der Waals surface area (Å²) >= 11 is 0. The Kier molecular flexibility index (Phi) is 3.91. The highest BCUT2D eigenvalue weighted by Crippen LogP contribution is 2.31. The van der Waals surface area contributed by atoms with Crippen molar-refractivity contribution in [2.75, 3.05) is 18.0 Å². The molecule has 0 saturated carbocycles. The van der Waals surface area contributed by atoms with E-state index in [9.17, 15) is 22.9 Å². The van der Waals surface area contributed by atoms with Crippen molar-refractivity contribution in [3.63, 3.8) is 0 Å². The summed E-state index contributed by atoms with van der Waals surface area (Å²) in [5, 5.41) is 15.3. The Bertz CT molecular complexity index is 635. The highest BCUT2D eigenvalue weighted by atomic mass is 32.2. The van der Waals surface area contributed by atoms with Gasteiger partial charge in [-0.3, -0.25) is 10.1 Å². The monoisotopic (exact) mass is 303 g/mol. The Morgan fingerprint density at radius 3 is 2.75 bits per heavy atom. The molecule has 2 rings (SSSR count). The number of nitrogens with two attached hydrogens (primary N) is 1. The van der Waals surface area contributed by atoms with Crippen molar-refractivity contribution in [2.24, 2.45) is 5.14 Å². The summed E-state index contributed by atoms with van der Waals surface area (Å²) in [6.07, 6.45) is 0.972. The summed E-state index contributed by atoms with van der Waals surface area (Å²) in [7, 11) is -3.69. The second kappa shape index (κ2) is 5.33. The summed E-state index contributed by atoms with van der Waals surface area (Å²) in [5.74, 6) is -0.708. The molecule has 9 heteroatoms. The van der Waals surface area contributed by atoms with E-state index in [0.29, 0.717) is 19.4 Å². The van der Waals surface area contributed by atoms with Gasteiger partial charge in [-0.15, -0.1) is 0 Å². The molecule has 1 aliphatic rings.